The van der Waals surface area contributed by atoms with Gasteiger partial charge in [0.15, 0.2) is 6.10 Å². The zero-order valence-corrected chi connectivity index (χ0v) is 14.4. The van der Waals surface area contributed by atoms with Gasteiger partial charge in [-0.1, -0.05) is 23.7 Å². The molecule has 0 saturated carbocycles. The second-order valence-electron chi connectivity index (χ2n) is 5.38. The summed E-state index contributed by atoms with van der Waals surface area (Å²) >= 11 is 5.79. The highest BCUT2D eigenvalue weighted by atomic mass is 35.5. The van der Waals surface area contributed by atoms with Crippen molar-refractivity contribution in [3.8, 4) is 5.75 Å². The monoisotopic (exact) mass is 362 g/mol. The van der Waals surface area contributed by atoms with Gasteiger partial charge in [0.05, 0.1) is 0 Å². The number of aliphatic carboxylic acids is 1. The summed E-state index contributed by atoms with van der Waals surface area (Å²) in [5.74, 6) is -0.521. The average molecular weight is 363 g/mol. The number of hydrogen-bond donors (Lipinski definition) is 3. The quantitative estimate of drug-likeness (QED) is 0.702. The van der Waals surface area contributed by atoms with Crippen molar-refractivity contribution in [3.63, 3.8) is 0 Å². The van der Waals surface area contributed by atoms with Crippen LogP contribution >= 0.6 is 11.6 Å². The van der Waals surface area contributed by atoms with Crippen molar-refractivity contribution in [1.82, 2.24) is 5.32 Å². The van der Waals surface area contributed by atoms with Crippen molar-refractivity contribution in [3.05, 3.63) is 59.1 Å². The van der Waals surface area contributed by atoms with E-state index in [0.717, 1.165) is 5.56 Å². The molecule has 0 heterocycles. The van der Waals surface area contributed by atoms with Gasteiger partial charge in [-0.05, 0) is 55.3 Å². The summed E-state index contributed by atoms with van der Waals surface area (Å²) in [5, 5.41) is 14.9. The number of carboxylic acid groups (broad SMARTS) is 1. The number of anilines is 1. The van der Waals surface area contributed by atoms with E-state index in [4.69, 9.17) is 21.4 Å². The molecule has 2 amide bonds. The van der Waals surface area contributed by atoms with Crippen molar-refractivity contribution in [2.75, 3.05) is 11.9 Å². The first kappa shape index (κ1) is 18.6. The molecule has 0 aliphatic carbocycles. The predicted octanol–water partition coefficient (Wildman–Crippen LogP) is 3.56. The molecule has 2 rings (SSSR count). The summed E-state index contributed by atoms with van der Waals surface area (Å²) in [6, 6.07) is 13.6. The summed E-state index contributed by atoms with van der Waals surface area (Å²) < 4.78 is 5.26. The summed E-state index contributed by atoms with van der Waals surface area (Å²) in [6.07, 6.45) is -0.257. The number of carbonyl (C=O) groups excluding carboxylic acids is 1. The Morgan fingerprint density at radius 1 is 1.12 bits per heavy atom. The Morgan fingerprint density at radius 2 is 1.76 bits per heavy atom. The number of carboxylic acids is 1. The minimum atomic E-state index is -1.01. The number of hydrogen-bond acceptors (Lipinski definition) is 3. The normalized spacial score (nSPS) is 11.4. The fraction of sp³-hybridized carbons (Fsp3) is 0.222. The Labute approximate surface area is 150 Å². The molecule has 1 unspecified atom stereocenters. The molecule has 0 bridgehead atoms. The highest BCUT2D eigenvalue weighted by Gasteiger charge is 2.12. The molecule has 1 atom stereocenters. The molecular weight excluding hydrogens is 344 g/mol. The lowest BCUT2D eigenvalue weighted by Crippen LogP contribution is -2.30. The number of nitrogens with one attached hydrogen (secondary N) is 2. The zero-order valence-electron chi connectivity index (χ0n) is 13.7. The molecule has 6 nitrogen and oxygen atoms in total. The Bertz CT molecular complexity index is 717. The SMILES string of the molecule is CC(Oc1ccc(CCNC(=O)Nc2ccc(Cl)cc2)cc1)C(=O)O. The zero-order chi connectivity index (χ0) is 18.2. The molecule has 0 radical (unpaired) electrons. The van der Waals surface area contributed by atoms with E-state index in [2.05, 4.69) is 10.6 Å². The molecule has 132 valence electrons. The highest BCUT2D eigenvalue weighted by Crippen LogP contribution is 2.15. The largest absolute Gasteiger partial charge is 0.479 e. The molecule has 2 aromatic carbocycles. The van der Waals surface area contributed by atoms with E-state index < -0.39 is 12.1 Å². The van der Waals surface area contributed by atoms with E-state index in [1.54, 1.807) is 36.4 Å². The van der Waals surface area contributed by atoms with Crippen LogP contribution in [0.15, 0.2) is 48.5 Å². The van der Waals surface area contributed by atoms with Gasteiger partial charge in [-0.25, -0.2) is 9.59 Å². The average Bonchev–Trinajstić information content (AvgIpc) is 2.58. The van der Waals surface area contributed by atoms with Crippen LogP contribution in [-0.4, -0.2) is 29.8 Å². The Hall–Kier alpha value is -2.73. The van der Waals surface area contributed by atoms with Crippen LogP contribution < -0.4 is 15.4 Å². The number of carbonyl (C=O) groups is 2. The van der Waals surface area contributed by atoms with Gasteiger partial charge in [-0.3, -0.25) is 0 Å². The number of urea groups is 1. The van der Waals surface area contributed by atoms with E-state index in [1.807, 2.05) is 12.1 Å². The van der Waals surface area contributed by atoms with E-state index in [9.17, 15) is 9.59 Å². The second-order valence-corrected chi connectivity index (χ2v) is 5.82. The molecule has 0 fully saturated rings. The Balaban J connectivity index is 1.74. The fourth-order valence-corrected chi connectivity index (χ4v) is 2.14. The van der Waals surface area contributed by atoms with E-state index in [1.165, 1.54) is 6.92 Å². The van der Waals surface area contributed by atoms with Gasteiger partial charge >= 0.3 is 12.0 Å². The van der Waals surface area contributed by atoms with Gasteiger partial charge in [-0.2, -0.15) is 0 Å². The minimum absolute atomic E-state index is 0.294. The first-order valence-corrected chi connectivity index (χ1v) is 8.10. The van der Waals surface area contributed by atoms with E-state index in [0.29, 0.717) is 29.4 Å². The highest BCUT2D eigenvalue weighted by molar-refractivity contribution is 6.30. The third-order valence-corrected chi connectivity index (χ3v) is 3.64. The van der Waals surface area contributed by atoms with Crippen LogP contribution in [0.25, 0.3) is 0 Å². The van der Waals surface area contributed by atoms with Crippen molar-refractivity contribution >= 4 is 29.3 Å². The molecule has 0 saturated heterocycles. The van der Waals surface area contributed by atoms with Gasteiger partial charge < -0.3 is 20.5 Å². The van der Waals surface area contributed by atoms with Crippen LogP contribution in [0.3, 0.4) is 0 Å². The van der Waals surface area contributed by atoms with Crippen LogP contribution in [0.5, 0.6) is 5.75 Å². The number of rotatable bonds is 7. The van der Waals surface area contributed by atoms with Gasteiger partial charge in [-0.15, -0.1) is 0 Å². The van der Waals surface area contributed by atoms with Gasteiger partial charge in [0, 0.05) is 17.3 Å². The topological polar surface area (TPSA) is 87.7 Å². The Morgan fingerprint density at radius 3 is 2.36 bits per heavy atom. The lowest BCUT2D eigenvalue weighted by molar-refractivity contribution is -0.144. The van der Waals surface area contributed by atoms with Gasteiger partial charge in [0.1, 0.15) is 5.75 Å². The smallest absolute Gasteiger partial charge is 0.344 e. The lowest BCUT2D eigenvalue weighted by atomic mass is 10.1. The predicted molar refractivity (Wildman–Crippen MR) is 96.3 cm³/mol. The number of benzene rings is 2. The standard InChI is InChI=1S/C18H19ClN2O4/c1-12(17(22)23)25-16-8-2-13(3-9-16)10-11-20-18(24)21-15-6-4-14(19)5-7-15/h2-9,12H,10-11H2,1H3,(H,22,23)(H2,20,21,24). The first-order chi connectivity index (χ1) is 11.9. The lowest BCUT2D eigenvalue weighted by Gasteiger charge is -2.11. The Kier molecular flexibility index (Phi) is 6.65. The summed E-state index contributed by atoms with van der Waals surface area (Å²) in [7, 11) is 0. The molecule has 0 aliphatic rings. The van der Waals surface area contributed by atoms with Crippen LogP contribution in [0.4, 0.5) is 10.5 Å². The van der Waals surface area contributed by atoms with Crippen molar-refractivity contribution < 1.29 is 19.4 Å². The third kappa shape index (κ3) is 6.35. The van der Waals surface area contributed by atoms with E-state index >= 15 is 0 Å². The van der Waals surface area contributed by atoms with Gasteiger partial charge in [0.25, 0.3) is 0 Å². The maximum atomic E-state index is 11.8. The molecule has 0 spiro atoms. The van der Waals surface area contributed by atoms with Crippen LogP contribution in [0, 0.1) is 0 Å². The molecule has 3 N–H and O–H groups in total. The van der Waals surface area contributed by atoms with Crippen molar-refractivity contribution in [1.29, 1.82) is 0 Å². The maximum absolute atomic E-state index is 11.8. The molecular formula is C18H19ClN2O4. The molecule has 25 heavy (non-hydrogen) atoms. The van der Waals surface area contributed by atoms with Gasteiger partial charge in [0.2, 0.25) is 0 Å². The van der Waals surface area contributed by atoms with Crippen LogP contribution in [0.1, 0.15) is 12.5 Å². The van der Waals surface area contributed by atoms with E-state index in [-0.39, 0.29) is 6.03 Å². The summed E-state index contributed by atoms with van der Waals surface area (Å²) in [6.45, 7) is 1.94. The summed E-state index contributed by atoms with van der Waals surface area (Å²) in [4.78, 5) is 22.5. The van der Waals surface area contributed by atoms with Crippen LogP contribution in [0.2, 0.25) is 5.02 Å². The van der Waals surface area contributed by atoms with Crippen LogP contribution in [-0.2, 0) is 11.2 Å². The summed E-state index contributed by atoms with van der Waals surface area (Å²) in [5.41, 5.74) is 1.66. The molecule has 0 aliphatic heterocycles. The van der Waals surface area contributed by atoms with Crippen molar-refractivity contribution in [2.45, 2.75) is 19.4 Å². The minimum Gasteiger partial charge on any atom is -0.479 e. The molecule has 2 aromatic rings. The third-order valence-electron chi connectivity index (χ3n) is 3.39. The fourth-order valence-electron chi connectivity index (χ4n) is 2.02. The molecule has 7 heteroatoms. The number of ether oxygens (including phenoxy) is 1. The molecule has 0 aromatic heterocycles. The van der Waals surface area contributed by atoms with Crippen molar-refractivity contribution in [2.24, 2.45) is 0 Å². The number of amides is 2. The second kappa shape index (κ2) is 8.94. The maximum Gasteiger partial charge on any atom is 0.344 e. The first-order valence-electron chi connectivity index (χ1n) is 7.73. The number of halogens is 1.